The quantitative estimate of drug-likeness (QED) is 0.907. The molecule has 1 aromatic rings. The number of piperidine rings is 1. The minimum Gasteiger partial charge on any atom is -0.396 e. The van der Waals surface area contributed by atoms with Crippen molar-refractivity contribution >= 4 is 5.91 Å². The third-order valence-corrected chi connectivity index (χ3v) is 4.60. The van der Waals surface area contributed by atoms with Gasteiger partial charge in [-0.2, -0.15) is 0 Å². The predicted molar refractivity (Wildman–Crippen MR) is 83.2 cm³/mol. The first-order chi connectivity index (χ1) is 10.1. The van der Waals surface area contributed by atoms with E-state index in [2.05, 4.69) is 18.8 Å². The second-order valence-electron chi connectivity index (χ2n) is 6.13. The van der Waals surface area contributed by atoms with Crippen molar-refractivity contribution in [1.82, 2.24) is 9.88 Å². The van der Waals surface area contributed by atoms with Crippen LogP contribution < -0.4 is 0 Å². The number of carbonyl (C=O) groups excluding carboxylic acids is 1. The molecule has 0 aliphatic carbocycles. The van der Waals surface area contributed by atoms with Gasteiger partial charge < -0.3 is 10.0 Å². The zero-order valence-electron chi connectivity index (χ0n) is 13.1. The fourth-order valence-electron chi connectivity index (χ4n) is 3.10. The van der Waals surface area contributed by atoms with Gasteiger partial charge in [0.25, 0.3) is 5.91 Å². The highest BCUT2D eigenvalue weighted by Crippen LogP contribution is 2.33. The van der Waals surface area contributed by atoms with E-state index in [0.29, 0.717) is 6.54 Å². The van der Waals surface area contributed by atoms with E-state index in [1.54, 1.807) is 12.3 Å². The Hall–Kier alpha value is -1.42. The Morgan fingerprint density at radius 3 is 2.95 bits per heavy atom. The van der Waals surface area contributed by atoms with E-state index in [0.717, 1.165) is 49.9 Å². The number of nitrogens with zero attached hydrogens (tertiary/aromatic N) is 2. The summed E-state index contributed by atoms with van der Waals surface area (Å²) in [6.45, 7) is 5.80. The van der Waals surface area contributed by atoms with Crippen LogP contribution in [0.4, 0.5) is 0 Å². The molecule has 21 heavy (non-hydrogen) atoms. The maximum atomic E-state index is 12.7. The molecule has 0 unspecified atom stereocenters. The zero-order chi connectivity index (χ0) is 15.3. The molecular formula is C17H26N2O2. The van der Waals surface area contributed by atoms with E-state index in [1.807, 2.05) is 11.0 Å². The molecule has 1 atom stereocenters. The summed E-state index contributed by atoms with van der Waals surface area (Å²) in [4.78, 5) is 18.9. The molecule has 1 aromatic heterocycles. The largest absolute Gasteiger partial charge is 0.396 e. The maximum absolute atomic E-state index is 12.7. The minimum absolute atomic E-state index is 0.0701. The summed E-state index contributed by atoms with van der Waals surface area (Å²) in [6, 6.07) is 3.70. The Balaban J connectivity index is 2.14. The van der Waals surface area contributed by atoms with E-state index < -0.39 is 0 Å². The monoisotopic (exact) mass is 290 g/mol. The molecule has 2 heterocycles. The molecule has 1 saturated heterocycles. The SMILES string of the molecule is CCCc1cc(C(=O)N2CCC[C@@](CC)(CO)C2)ccn1. The van der Waals surface area contributed by atoms with Crippen LogP contribution in [0.25, 0.3) is 0 Å². The van der Waals surface area contributed by atoms with E-state index in [9.17, 15) is 9.90 Å². The van der Waals surface area contributed by atoms with Crippen molar-refractivity contribution in [3.63, 3.8) is 0 Å². The summed E-state index contributed by atoms with van der Waals surface area (Å²) in [5.74, 6) is 0.0701. The van der Waals surface area contributed by atoms with Gasteiger partial charge >= 0.3 is 0 Å². The first-order valence-electron chi connectivity index (χ1n) is 7.99. The van der Waals surface area contributed by atoms with Gasteiger partial charge in [0, 0.05) is 36.0 Å². The molecule has 4 heteroatoms. The van der Waals surface area contributed by atoms with Crippen LogP contribution in [0.1, 0.15) is 55.6 Å². The third kappa shape index (κ3) is 3.62. The first kappa shape index (κ1) is 16.0. The van der Waals surface area contributed by atoms with Crippen molar-refractivity contribution in [2.75, 3.05) is 19.7 Å². The molecular weight excluding hydrogens is 264 g/mol. The van der Waals surface area contributed by atoms with Crippen molar-refractivity contribution in [2.45, 2.75) is 46.0 Å². The fourth-order valence-corrected chi connectivity index (χ4v) is 3.10. The van der Waals surface area contributed by atoms with Crippen LogP contribution in [-0.4, -0.2) is 40.6 Å². The van der Waals surface area contributed by atoms with Gasteiger partial charge in [0.15, 0.2) is 0 Å². The number of aliphatic hydroxyl groups excluding tert-OH is 1. The Morgan fingerprint density at radius 2 is 2.29 bits per heavy atom. The van der Waals surface area contributed by atoms with Gasteiger partial charge in [-0.15, -0.1) is 0 Å². The van der Waals surface area contributed by atoms with Crippen LogP contribution >= 0.6 is 0 Å². The number of pyridine rings is 1. The summed E-state index contributed by atoms with van der Waals surface area (Å²) < 4.78 is 0. The lowest BCUT2D eigenvalue weighted by Crippen LogP contribution is -2.47. The number of aliphatic hydroxyl groups is 1. The van der Waals surface area contributed by atoms with E-state index >= 15 is 0 Å². The minimum atomic E-state index is -0.118. The van der Waals surface area contributed by atoms with Crippen LogP contribution in [-0.2, 0) is 6.42 Å². The molecule has 0 radical (unpaired) electrons. The van der Waals surface area contributed by atoms with Crippen molar-refractivity contribution in [3.05, 3.63) is 29.6 Å². The van der Waals surface area contributed by atoms with Gasteiger partial charge in [-0.1, -0.05) is 20.3 Å². The Bertz CT molecular complexity index is 483. The smallest absolute Gasteiger partial charge is 0.253 e. The highest BCUT2D eigenvalue weighted by atomic mass is 16.3. The van der Waals surface area contributed by atoms with Gasteiger partial charge in [0.1, 0.15) is 0 Å². The summed E-state index contributed by atoms with van der Waals surface area (Å²) in [7, 11) is 0. The zero-order valence-corrected chi connectivity index (χ0v) is 13.1. The van der Waals surface area contributed by atoms with Gasteiger partial charge in [-0.25, -0.2) is 0 Å². The number of amides is 1. The third-order valence-electron chi connectivity index (χ3n) is 4.60. The standard InChI is InChI=1S/C17H26N2O2/c1-3-6-15-11-14(7-9-18-15)16(21)19-10-5-8-17(4-2,12-19)13-20/h7,9,11,20H,3-6,8,10,12-13H2,1-2H3/t17-/m1/s1. The number of hydrogen-bond acceptors (Lipinski definition) is 3. The molecule has 0 saturated carbocycles. The number of aryl methyl sites for hydroxylation is 1. The molecule has 4 nitrogen and oxygen atoms in total. The number of carbonyl (C=O) groups is 1. The number of rotatable bonds is 5. The average Bonchev–Trinajstić information content (AvgIpc) is 2.54. The average molecular weight is 290 g/mol. The van der Waals surface area contributed by atoms with Crippen molar-refractivity contribution in [3.8, 4) is 0 Å². The maximum Gasteiger partial charge on any atom is 0.253 e. The van der Waals surface area contributed by atoms with E-state index in [1.165, 1.54) is 0 Å². The Kier molecular flexibility index (Phi) is 5.34. The highest BCUT2D eigenvalue weighted by molar-refractivity contribution is 5.94. The summed E-state index contributed by atoms with van der Waals surface area (Å²) in [6.07, 6.45) is 6.52. The fraction of sp³-hybridized carbons (Fsp3) is 0.647. The van der Waals surface area contributed by atoms with Crippen LogP contribution in [0.3, 0.4) is 0 Å². The molecule has 0 spiro atoms. The predicted octanol–water partition coefficient (Wildman–Crippen LogP) is 2.66. The second kappa shape index (κ2) is 7.03. The van der Waals surface area contributed by atoms with Gasteiger partial charge in [0.2, 0.25) is 0 Å². The van der Waals surface area contributed by atoms with Gasteiger partial charge in [0.05, 0.1) is 6.61 Å². The Labute approximate surface area is 127 Å². The molecule has 0 aromatic carbocycles. The topological polar surface area (TPSA) is 53.4 Å². The van der Waals surface area contributed by atoms with Crippen molar-refractivity contribution in [1.29, 1.82) is 0 Å². The van der Waals surface area contributed by atoms with Gasteiger partial charge in [-0.05, 0) is 37.8 Å². The molecule has 1 amide bonds. The number of likely N-dealkylation sites (tertiary alicyclic amines) is 1. The molecule has 1 aliphatic rings. The van der Waals surface area contributed by atoms with Crippen LogP contribution in [0.15, 0.2) is 18.3 Å². The van der Waals surface area contributed by atoms with E-state index in [-0.39, 0.29) is 17.9 Å². The molecule has 1 fully saturated rings. The van der Waals surface area contributed by atoms with Crippen LogP contribution in [0, 0.1) is 5.41 Å². The molecule has 0 bridgehead atoms. The molecule has 116 valence electrons. The molecule has 1 N–H and O–H groups in total. The second-order valence-corrected chi connectivity index (χ2v) is 6.13. The Morgan fingerprint density at radius 1 is 1.48 bits per heavy atom. The molecule has 1 aliphatic heterocycles. The highest BCUT2D eigenvalue weighted by Gasteiger charge is 2.35. The summed E-state index contributed by atoms with van der Waals surface area (Å²) >= 11 is 0. The number of aromatic nitrogens is 1. The summed E-state index contributed by atoms with van der Waals surface area (Å²) in [5.41, 5.74) is 1.58. The molecule has 2 rings (SSSR count). The number of hydrogen-bond donors (Lipinski definition) is 1. The van der Waals surface area contributed by atoms with E-state index in [4.69, 9.17) is 0 Å². The van der Waals surface area contributed by atoms with Crippen molar-refractivity contribution in [2.24, 2.45) is 5.41 Å². The first-order valence-corrected chi connectivity index (χ1v) is 7.99. The van der Waals surface area contributed by atoms with Crippen LogP contribution in [0.5, 0.6) is 0 Å². The van der Waals surface area contributed by atoms with Crippen molar-refractivity contribution < 1.29 is 9.90 Å². The normalized spacial score (nSPS) is 22.3. The van der Waals surface area contributed by atoms with Gasteiger partial charge in [-0.3, -0.25) is 9.78 Å². The lowest BCUT2D eigenvalue weighted by atomic mass is 9.78. The van der Waals surface area contributed by atoms with Crippen LogP contribution in [0.2, 0.25) is 0 Å². The lowest BCUT2D eigenvalue weighted by Gasteiger charge is -2.41. The summed E-state index contributed by atoms with van der Waals surface area (Å²) in [5, 5.41) is 9.68. The lowest BCUT2D eigenvalue weighted by molar-refractivity contribution is 0.0251.